The molecule has 19 heavy (non-hydrogen) atoms. The lowest BCUT2D eigenvalue weighted by atomic mass is 10.2. The Balaban J connectivity index is 2.03. The van der Waals surface area contributed by atoms with Crippen molar-refractivity contribution in [2.24, 2.45) is 0 Å². The molecule has 0 saturated carbocycles. The van der Waals surface area contributed by atoms with Crippen LogP contribution in [0.4, 0.5) is 5.69 Å². The smallest absolute Gasteiger partial charge is 0.138 e. The summed E-state index contributed by atoms with van der Waals surface area (Å²) in [5, 5.41) is 3.95. The summed E-state index contributed by atoms with van der Waals surface area (Å²) in [6.07, 6.45) is 2.63. The minimum absolute atomic E-state index is 0.0912. The standard InChI is InChI=1S/C15H18ClNO2/c1-3-8-18-15-7-6-12(10-13(15)16)17-11(2)14-5-4-9-19-14/h4-7,9-11,17H,3,8H2,1-2H3. The minimum Gasteiger partial charge on any atom is -0.492 e. The molecule has 1 heterocycles. The maximum absolute atomic E-state index is 6.19. The molecule has 1 unspecified atom stereocenters. The third-order valence-electron chi connectivity index (χ3n) is 2.75. The molecule has 0 fully saturated rings. The van der Waals surface area contributed by atoms with Gasteiger partial charge in [0.25, 0.3) is 0 Å². The van der Waals surface area contributed by atoms with Crippen LogP contribution in [0, 0.1) is 0 Å². The number of hydrogen-bond donors (Lipinski definition) is 1. The number of anilines is 1. The highest BCUT2D eigenvalue weighted by molar-refractivity contribution is 6.32. The van der Waals surface area contributed by atoms with Crippen LogP contribution in [0.3, 0.4) is 0 Å². The number of hydrogen-bond acceptors (Lipinski definition) is 3. The molecule has 0 amide bonds. The van der Waals surface area contributed by atoms with Crippen LogP contribution in [0.1, 0.15) is 32.1 Å². The molecule has 2 rings (SSSR count). The second-order valence-corrected chi connectivity index (χ2v) is 4.78. The summed E-state index contributed by atoms with van der Waals surface area (Å²) in [6.45, 7) is 4.78. The van der Waals surface area contributed by atoms with Gasteiger partial charge in [-0.15, -0.1) is 0 Å². The number of benzene rings is 1. The van der Waals surface area contributed by atoms with Crippen LogP contribution in [0.2, 0.25) is 5.02 Å². The predicted octanol–water partition coefficient (Wildman–Crippen LogP) is 4.89. The lowest BCUT2D eigenvalue weighted by molar-refractivity contribution is 0.317. The van der Waals surface area contributed by atoms with Gasteiger partial charge in [0.1, 0.15) is 11.5 Å². The molecular formula is C15H18ClNO2. The molecule has 0 aliphatic carbocycles. The van der Waals surface area contributed by atoms with Crippen molar-refractivity contribution in [3.63, 3.8) is 0 Å². The van der Waals surface area contributed by atoms with Gasteiger partial charge in [-0.3, -0.25) is 0 Å². The topological polar surface area (TPSA) is 34.4 Å². The van der Waals surface area contributed by atoms with Crippen LogP contribution in [0.15, 0.2) is 41.0 Å². The third kappa shape index (κ3) is 3.67. The highest BCUT2D eigenvalue weighted by Crippen LogP contribution is 2.29. The van der Waals surface area contributed by atoms with E-state index >= 15 is 0 Å². The van der Waals surface area contributed by atoms with Gasteiger partial charge in [0.2, 0.25) is 0 Å². The van der Waals surface area contributed by atoms with Crippen LogP contribution in [0.5, 0.6) is 5.75 Å². The first-order valence-corrected chi connectivity index (χ1v) is 6.80. The zero-order valence-corrected chi connectivity index (χ0v) is 11.9. The lowest BCUT2D eigenvalue weighted by Gasteiger charge is -2.14. The van der Waals surface area contributed by atoms with Crippen molar-refractivity contribution in [2.45, 2.75) is 26.3 Å². The predicted molar refractivity (Wildman–Crippen MR) is 78.0 cm³/mol. The summed E-state index contributed by atoms with van der Waals surface area (Å²) in [6, 6.07) is 9.62. The fourth-order valence-corrected chi connectivity index (χ4v) is 2.01. The fourth-order valence-electron chi connectivity index (χ4n) is 1.78. The van der Waals surface area contributed by atoms with E-state index in [2.05, 4.69) is 12.2 Å². The molecule has 4 heteroatoms. The maximum atomic E-state index is 6.19. The number of ether oxygens (including phenoxy) is 1. The Hall–Kier alpha value is -1.61. The van der Waals surface area contributed by atoms with Crippen molar-refractivity contribution in [2.75, 3.05) is 11.9 Å². The lowest BCUT2D eigenvalue weighted by Crippen LogP contribution is -2.05. The molecule has 102 valence electrons. The Morgan fingerprint density at radius 2 is 2.21 bits per heavy atom. The van der Waals surface area contributed by atoms with Crippen molar-refractivity contribution < 1.29 is 9.15 Å². The summed E-state index contributed by atoms with van der Waals surface area (Å²) in [4.78, 5) is 0. The molecule has 3 nitrogen and oxygen atoms in total. The highest BCUT2D eigenvalue weighted by Gasteiger charge is 2.09. The Bertz CT molecular complexity index is 511. The fraction of sp³-hybridized carbons (Fsp3) is 0.333. The molecule has 1 aromatic carbocycles. The Morgan fingerprint density at radius 1 is 1.37 bits per heavy atom. The van der Waals surface area contributed by atoms with Crippen LogP contribution in [-0.2, 0) is 0 Å². The average molecular weight is 280 g/mol. The molecule has 0 spiro atoms. The first kappa shape index (κ1) is 13.8. The molecule has 0 aliphatic heterocycles. The van der Waals surface area contributed by atoms with Crippen molar-refractivity contribution >= 4 is 17.3 Å². The SMILES string of the molecule is CCCOc1ccc(NC(C)c2ccco2)cc1Cl. The van der Waals surface area contributed by atoms with E-state index < -0.39 is 0 Å². The molecule has 0 bridgehead atoms. The Kier molecular flexibility index (Phi) is 4.74. The van der Waals surface area contributed by atoms with Gasteiger partial charge in [0.05, 0.1) is 23.9 Å². The number of nitrogens with one attached hydrogen (secondary N) is 1. The molecule has 1 aromatic heterocycles. The first-order chi connectivity index (χ1) is 9.20. The number of furan rings is 1. The summed E-state index contributed by atoms with van der Waals surface area (Å²) >= 11 is 6.19. The van der Waals surface area contributed by atoms with Crippen molar-refractivity contribution in [1.82, 2.24) is 0 Å². The third-order valence-corrected chi connectivity index (χ3v) is 3.04. The summed E-state index contributed by atoms with van der Waals surface area (Å²) in [5.41, 5.74) is 0.942. The van der Waals surface area contributed by atoms with Crippen molar-refractivity contribution in [3.8, 4) is 5.75 Å². The number of rotatable bonds is 6. The molecule has 2 aromatic rings. The van der Waals surface area contributed by atoms with Crippen LogP contribution < -0.4 is 10.1 Å². The van der Waals surface area contributed by atoms with Gasteiger partial charge in [-0.2, -0.15) is 0 Å². The van der Waals surface area contributed by atoms with Crippen LogP contribution in [0.25, 0.3) is 0 Å². The van der Waals surface area contributed by atoms with Crippen LogP contribution in [-0.4, -0.2) is 6.61 Å². The quantitative estimate of drug-likeness (QED) is 0.817. The monoisotopic (exact) mass is 279 g/mol. The zero-order chi connectivity index (χ0) is 13.7. The van der Waals surface area contributed by atoms with E-state index in [0.717, 1.165) is 23.6 Å². The van der Waals surface area contributed by atoms with E-state index in [1.54, 1.807) is 6.26 Å². The highest BCUT2D eigenvalue weighted by atomic mass is 35.5. The van der Waals surface area contributed by atoms with E-state index in [1.807, 2.05) is 37.3 Å². The minimum atomic E-state index is 0.0912. The van der Waals surface area contributed by atoms with E-state index in [1.165, 1.54) is 0 Å². The molecular weight excluding hydrogens is 262 g/mol. The molecule has 1 N–H and O–H groups in total. The van der Waals surface area contributed by atoms with Gasteiger partial charge in [0.15, 0.2) is 0 Å². The Morgan fingerprint density at radius 3 is 2.84 bits per heavy atom. The normalized spacial score (nSPS) is 12.2. The number of halogens is 1. The van der Waals surface area contributed by atoms with Gasteiger partial charge in [0, 0.05) is 5.69 Å². The summed E-state index contributed by atoms with van der Waals surface area (Å²) in [5.74, 6) is 1.61. The molecule has 0 saturated heterocycles. The first-order valence-electron chi connectivity index (χ1n) is 6.43. The van der Waals surface area contributed by atoms with Crippen LogP contribution >= 0.6 is 11.6 Å². The van der Waals surface area contributed by atoms with Crippen molar-refractivity contribution in [1.29, 1.82) is 0 Å². The van der Waals surface area contributed by atoms with Gasteiger partial charge in [-0.25, -0.2) is 0 Å². The molecule has 1 atom stereocenters. The zero-order valence-electron chi connectivity index (χ0n) is 11.2. The van der Waals surface area contributed by atoms with Gasteiger partial charge < -0.3 is 14.5 Å². The summed E-state index contributed by atoms with van der Waals surface area (Å²) < 4.78 is 10.9. The van der Waals surface area contributed by atoms with E-state index in [4.69, 9.17) is 20.8 Å². The van der Waals surface area contributed by atoms with Gasteiger partial charge >= 0.3 is 0 Å². The largest absolute Gasteiger partial charge is 0.492 e. The van der Waals surface area contributed by atoms with E-state index in [0.29, 0.717) is 11.6 Å². The molecule has 0 radical (unpaired) electrons. The van der Waals surface area contributed by atoms with Gasteiger partial charge in [-0.1, -0.05) is 18.5 Å². The molecule has 0 aliphatic rings. The van der Waals surface area contributed by atoms with Gasteiger partial charge in [-0.05, 0) is 43.7 Å². The van der Waals surface area contributed by atoms with E-state index in [9.17, 15) is 0 Å². The average Bonchev–Trinajstić information content (AvgIpc) is 2.92. The Labute approximate surface area is 118 Å². The summed E-state index contributed by atoms with van der Waals surface area (Å²) in [7, 11) is 0. The van der Waals surface area contributed by atoms with Crippen molar-refractivity contribution in [3.05, 3.63) is 47.4 Å². The second-order valence-electron chi connectivity index (χ2n) is 4.38. The van der Waals surface area contributed by atoms with E-state index in [-0.39, 0.29) is 6.04 Å². The maximum Gasteiger partial charge on any atom is 0.138 e. The second kappa shape index (κ2) is 6.53.